The zero-order valence-corrected chi connectivity index (χ0v) is 17.0. The Hall–Kier alpha value is -2.73. The van der Waals surface area contributed by atoms with Crippen LogP contribution in [0.4, 0.5) is 18.2 Å². The van der Waals surface area contributed by atoms with Gasteiger partial charge in [0, 0.05) is 30.2 Å². The minimum atomic E-state index is -4.59. The highest BCUT2D eigenvalue weighted by Crippen LogP contribution is 2.32. The molecule has 0 aliphatic rings. The summed E-state index contributed by atoms with van der Waals surface area (Å²) in [6.07, 6.45) is -1.66. The highest BCUT2D eigenvalue weighted by atomic mass is 32.1. The van der Waals surface area contributed by atoms with Crippen LogP contribution >= 0.6 is 22.7 Å². The number of aryl methyl sites for hydroxylation is 1. The molecule has 1 N–H and O–H groups in total. The van der Waals surface area contributed by atoms with Gasteiger partial charge in [0.25, 0.3) is 5.56 Å². The molecule has 0 unspecified atom stereocenters. The van der Waals surface area contributed by atoms with Crippen LogP contribution < -0.4 is 10.5 Å². The Balaban J connectivity index is 1.66. The van der Waals surface area contributed by atoms with Crippen LogP contribution in [0.1, 0.15) is 22.0 Å². The van der Waals surface area contributed by atoms with E-state index in [0.29, 0.717) is 10.2 Å². The van der Waals surface area contributed by atoms with Gasteiger partial charge in [-0.1, -0.05) is 0 Å². The topological polar surface area (TPSA) is 79.7 Å². The predicted molar refractivity (Wildman–Crippen MR) is 106 cm³/mol. The molecule has 152 valence electrons. The molecule has 29 heavy (non-hydrogen) atoms. The lowest BCUT2D eigenvalue weighted by Gasteiger charge is -2.16. The predicted octanol–water partition coefficient (Wildman–Crippen LogP) is 3.65. The molecule has 0 saturated heterocycles. The molecule has 0 aromatic carbocycles. The third-order valence-corrected chi connectivity index (χ3v) is 6.03. The molecule has 0 atom stereocenters. The SMILES string of the molecule is Cc1cc2c(=O)[nH]c(Cn3cc(CN(C)c4cncs4)c(C(F)(F)F)n3)nc2s1. The number of rotatable bonds is 5. The van der Waals surface area contributed by atoms with Gasteiger partial charge in [-0.3, -0.25) is 14.5 Å². The van der Waals surface area contributed by atoms with Crippen molar-refractivity contribution in [1.82, 2.24) is 24.7 Å². The van der Waals surface area contributed by atoms with E-state index < -0.39 is 11.9 Å². The van der Waals surface area contributed by atoms with Gasteiger partial charge in [0.05, 0.1) is 23.6 Å². The second-order valence-corrected chi connectivity index (χ2v) is 8.58. The number of H-pyrrole nitrogens is 1. The van der Waals surface area contributed by atoms with E-state index in [-0.39, 0.29) is 30.0 Å². The first kappa shape index (κ1) is 19.6. The van der Waals surface area contributed by atoms with Gasteiger partial charge in [0.15, 0.2) is 5.69 Å². The monoisotopic (exact) mass is 440 g/mol. The van der Waals surface area contributed by atoms with Gasteiger partial charge in [0.2, 0.25) is 0 Å². The number of nitrogens with zero attached hydrogens (tertiary/aromatic N) is 5. The Morgan fingerprint density at radius 2 is 2.14 bits per heavy atom. The number of hydrogen-bond acceptors (Lipinski definition) is 7. The van der Waals surface area contributed by atoms with E-state index >= 15 is 0 Å². The summed E-state index contributed by atoms with van der Waals surface area (Å²) in [5.41, 5.74) is 0.375. The Kier molecular flexibility index (Phi) is 4.90. The third kappa shape index (κ3) is 4.03. The number of aromatic amines is 1. The molecule has 4 aromatic heterocycles. The summed E-state index contributed by atoms with van der Waals surface area (Å²) < 4.78 is 41.6. The molecule has 0 fully saturated rings. The van der Waals surface area contributed by atoms with Crippen LogP contribution in [0.3, 0.4) is 0 Å². The molecule has 4 heterocycles. The molecule has 0 radical (unpaired) electrons. The van der Waals surface area contributed by atoms with Crippen molar-refractivity contribution < 1.29 is 13.2 Å². The molecule has 4 rings (SSSR count). The largest absolute Gasteiger partial charge is 0.435 e. The normalized spacial score (nSPS) is 12.0. The van der Waals surface area contributed by atoms with Crippen molar-refractivity contribution in [1.29, 1.82) is 0 Å². The van der Waals surface area contributed by atoms with E-state index in [2.05, 4.69) is 20.1 Å². The Bertz CT molecular complexity index is 1210. The zero-order valence-electron chi connectivity index (χ0n) is 15.3. The van der Waals surface area contributed by atoms with Gasteiger partial charge < -0.3 is 9.88 Å². The summed E-state index contributed by atoms with van der Waals surface area (Å²) in [7, 11) is 1.69. The van der Waals surface area contributed by atoms with Gasteiger partial charge in [-0.05, 0) is 13.0 Å². The number of hydrogen-bond donors (Lipinski definition) is 1. The number of nitrogens with one attached hydrogen (secondary N) is 1. The summed E-state index contributed by atoms with van der Waals surface area (Å²) in [5.74, 6) is 0.253. The average Bonchev–Trinajstić information content (AvgIpc) is 3.33. The maximum atomic E-state index is 13.5. The first-order chi connectivity index (χ1) is 13.7. The molecular formula is C17H15F3N6OS2. The van der Waals surface area contributed by atoms with E-state index in [9.17, 15) is 18.0 Å². The standard InChI is InChI=1S/C17H15F3N6OS2/c1-9-3-11-15(27)22-12(23-16(11)29-9)7-26-6-10(14(24-26)17(18,19)20)5-25(2)13-4-21-8-28-13/h3-4,6,8H,5,7H2,1-2H3,(H,22,23,27). The molecule has 0 saturated carbocycles. The highest BCUT2D eigenvalue weighted by Gasteiger charge is 2.37. The van der Waals surface area contributed by atoms with Crippen molar-refractivity contribution in [3.63, 3.8) is 0 Å². The number of anilines is 1. The number of thiophene rings is 1. The zero-order chi connectivity index (χ0) is 20.8. The van der Waals surface area contributed by atoms with Crippen LogP contribution in [0.25, 0.3) is 10.2 Å². The summed E-state index contributed by atoms with van der Waals surface area (Å²) in [4.78, 5) is 26.3. The minimum absolute atomic E-state index is 0.0180. The lowest BCUT2D eigenvalue weighted by atomic mass is 10.2. The van der Waals surface area contributed by atoms with Crippen molar-refractivity contribution >= 4 is 37.9 Å². The first-order valence-corrected chi connectivity index (χ1v) is 10.1. The third-order valence-electron chi connectivity index (χ3n) is 4.20. The second-order valence-electron chi connectivity index (χ2n) is 6.48. The Morgan fingerprint density at radius 3 is 2.83 bits per heavy atom. The molecule has 0 bridgehead atoms. The van der Waals surface area contributed by atoms with Crippen LogP contribution in [-0.2, 0) is 19.3 Å². The lowest BCUT2D eigenvalue weighted by molar-refractivity contribution is -0.142. The summed E-state index contributed by atoms with van der Waals surface area (Å²) in [6, 6.07) is 1.73. The molecule has 0 spiro atoms. The van der Waals surface area contributed by atoms with Crippen molar-refractivity contribution in [3.05, 3.63) is 56.3 Å². The lowest BCUT2D eigenvalue weighted by Crippen LogP contribution is -2.18. The number of alkyl halides is 3. The minimum Gasteiger partial charge on any atom is -0.361 e. The maximum Gasteiger partial charge on any atom is 0.435 e. The van der Waals surface area contributed by atoms with Gasteiger partial charge in [0.1, 0.15) is 15.7 Å². The van der Waals surface area contributed by atoms with E-state index in [1.165, 1.54) is 28.9 Å². The number of thiazole rings is 1. The van der Waals surface area contributed by atoms with E-state index in [1.54, 1.807) is 29.7 Å². The Labute approximate surface area is 170 Å². The summed E-state index contributed by atoms with van der Waals surface area (Å²) >= 11 is 2.69. The number of fused-ring (bicyclic) bond motifs is 1. The van der Waals surface area contributed by atoms with Crippen LogP contribution in [0.15, 0.2) is 28.8 Å². The molecule has 12 heteroatoms. The van der Waals surface area contributed by atoms with Crippen LogP contribution in [0.5, 0.6) is 0 Å². The van der Waals surface area contributed by atoms with Crippen LogP contribution in [0, 0.1) is 6.92 Å². The quantitative estimate of drug-likeness (QED) is 0.513. The average molecular weight is 440 g/mol. The van der Waals surface area contributed by atoms with Gasteiger partial charge in [-0.25, -0.2) is 4.98 Å². The molecule has 0 aliphatic carbocycles. The van der Waals surface area contributed by atoms with Crippen molar-refractivity contribution in [2.75, 3.05) is 11.9 Å². The maximum absolute atomic E-state index is 13.5. The van der Waals surface area contributed by atoms with Crippen molar-refractivity contribution in [3.8, 4) is 0 Å². The molecular weight excluding hydrogens is 425 g/mol. The fourth-order valence-corrected chi connectivity index (χ4v) is 4.45. The van der Waals surface area contributed by atoms with Crippen LogP contribution in [0.2, 0.25) is 0 Å². The molecule has 0 aliphatic heterocycles. The summed E-state index contributed by atoms with van der Waals surface area (Å²) in [5, 5.41) is 4.94. The van der Waals surface area contributed by atoms with Gasteiger partial charge in [-0.2, -0.15) is 18.3 Å². The van der Waals surface area contributed by atoms with E-state index in [0.717, 1.165) is 14.6 Å². The number of halogens is 3. The van der Waals surface area contributed by atoms with E-state index in [4.69, 9.17) is 0 Å². The molecule has 0 amide bonds. The molecule has 7 nitrogen and oxygen atoms in total. The smallest absolute Gasteiger partial charge is 0.361 e. The second kappa shape index (κ2) is 7.26. The first-order valence-electron chi connectivity index (χ1n) is 8.43. The highest BCUT2D eigenvalue weighted by molar-refractivity contribution is 7.18. The fraction of sp³-hybridized carbons (Fsp3) is 0.294. The van der Waals surface area contributed by atoms with Gasteiger partial charge in [-0.15, -0.1) is 22.7 Å². The fourth-order valence-electron chi connectivity index (χ4n) is 2.95. The van der Waals surface area contributed by atoms with Crippen LogP contribution in [-0.4, -0.2) is 31.8 Å². The molecule has 4 aromatic rings. The number of aromatic nitrogens is 5. The van der Waals surface area contributed by atoms with Crippen molar-refractivity contribution in [2.45, 2.75) is 26.2 Å². The van der Waals surface area contributed by atoms with E-state index in [1.807, 2.05) is 6.92 Å². The van der Waals surface area contributed by atoms with Gasteiger partial charge >= 0.3 is 6.18 Å². The summed E-state index contributed by atoms with van der Waals surface area (Å²) in [6.45, 7) is 1.81. The van der Waals surface area contributed by atoms with Crippen molar-refractivity contribution in [2.24, 2.45) is 0 Å². The Morgan fingerprint density at radius 1 is 1.34 bits per heavy atom.